The maximum atomic E-state index is 13.7. The number of hydrogen-bond acceptors (Lipinski definition) is 3. The molecular formula is C19H24F2N4S. The van der Waals surface area contributed by atoms with Crippen molar-refractivity contribution in [3.63, 3.8) is 0 Å². The summed E-state index contributed by atoms with van der Waals surface area (Å²) in [7, 11) is 3.67. The van der Waals surface area contributed by atoms with Crippen molar-refractivity contribution >= 4 is 17.3 Å². The first-order valence-electron chi connectivity index (χ1n) is 8.90. The van der Waals surface area contributed by atoms with E-state index in [1.54, 1.807) is 24.5 Å². The highest BCUT2D eigenvalue weighted by Gasteiger charge is 2.17. The Labute approximate surface area is 157 Å². The van der Waals surface area contributed by atoms with Gasteiger partial charge in [0.2, 0.25) is 0 Å². The van der Waals surface area contributed by atoms with Crippen LogP contribution < -0.4 is 5.32 Å². The monoisotopic (exact) mass is 378 g/mol. The van der Waals surface area contributed by atoms with Crippen LogP contribution in [0.3, 0.4) is 0 Å². The second-order valence-corrected chi connectivity index (χ2v) is 7.65. The van der Waals surface area contributed by atoms with Crippen LogP contribution in [0, 0.1) is 11.6 Å². The highest BCUT2D eigenvalue weighted by molar-refractivity contribution is 7.11. The Bertz CT molecular complexity index is 764. The maximum absolute atomic E-state index is 13.7. The average molecular weight is 378 g/mol. The van der Waals surface area contributed by atoms with Crippen LogP contribution in [0.15, 0.2) is 23.2 Å². The Balaban J connectivity index is 1.55. The van der Waals surface area contributed by atoms with E-state index in [1.165, 1.54) is 29.5 Å². The third kappa shape index (κ3) is 4.38. The molecule has 1 aliphatic carbocycles. The van der Waals surface area contributed by atoms with Gasteiger partial charge in [0, 0.05) is 25.5 Å². The maximum Gasteiger partial charge on any atom is 0.193 e. The molecule has 0 saturated carbocycles. The summed E-state index contributed by atoms with van der Waals surface area (Å²) in [5.74, 6) is -0.863. The van der Waals surface area contributed by atoms with Gasteiger partial charge in [-0.25, -0.2) is 13.8 Å². The zero-order valence-electron chi connectivity index (χ0n) is 15.2. The Morgan fingerprint density at radius 3 is 2.88 bits per heavy atom. The summed E-state index contributed by atoms with van der Waals surface area (Å²) in [5, 5.41) is 4.31. The lowest BCUT2D eigenvalue weighted by atomic mass is 10.0. The van der Waals surface area contributed by atoms with Gasteiger partial charge in [-0.3, -0.25) is 4.99 Å². The van der Waals surface area contributed by atoms with Gasteiger partial charge in [-0.2, -0.15) is 0 Å². The molecule has 0 radical (unpaired) electrons. The lowest BCUT2D eigenvalue weighted by molar-refractivity contribution is 0.473. The molecule has 1 N–H and O–H groups in total. The summed E-state index contributed by atoms with van der Waals surface area (Å²) < 4.78 is 27.0. The molecule has 2 aromatic rings. The van der Waals surface area contributed by atoms with E-state index in [0.29, 0.717) is 25.1 Å². The first kappa shape index (κ1) is 18.8. The molecule has 0 aliphatic heterocycles. The number of guanidine groups is 1. The number of aliphatic imine (C=N–C) groups is 1. The molecule has 1 aromatic heterocycles. The molecule has 1 heterocycles. The molecule has 7 heteroatoms. The van der Waals surface area contributed by atoms with E-state index in [1.807, 2.05) is 11.9 Å². The van der Waals surface area contributed by atoms with Gasteiger partial charge in [0.15, 0.2) is 17.6 Å². The van der Waals surface area contributed by atoms with Gasteiger partial charge in [0.25, 0.3) is 0 Å². The summed E-state index contributed by atoms with van der Waals surface area (Å²) in [5.41, 5.74) is 1.62. The van der Waals surface area contributed by atoms with Crippen molar-refractivity contribution in [3.8, 4) is 0 Å². The van der Waals surface area contributed by atoms with E-state index in [9.17, 15) is 8.78 Å². The van der Waals surface area contributed by atoms with Crippen molar-refractivity contribution in [1.82, 2.24) is 15.2 Å². The van der Waals surface area contributed by atoms with Crippen LogP contribution >= 0.6 is 11.3 Å². The molecule has 1 aliphatic rings. The van der Waals surface area contributed by atoms with Crippen molar-refractivity contribution in [2.75, 3.05) is 20.6 Å². The Morgan fingerprint density at radius 1 is 1.31 bits per heavy atom. The predicted molar refractivity (Wildman–Crippen MR) is 102 cm³/mol. The molecule has 0 atom stereocenters. The molecule has 0 saturated heterocycles. The summed E-state index contributed by atoms with van der Waals surface area (Å²) in [4.78, 5) is 12.5. The highest BCUT2D eigenvalue weighted by Crippen LogP contribution is 2.27. The average Bonchev–Trinajstić information content (AvgIpc) is 3.04. The summed E-state index contributed by atoms with van der Waals surface area (Å²) in [6.45, 7) is 1.16. The second-order valence-electron chi connectivity index (χ2n) is 6.48. The summed E-state index contributed by atoms with van der Waals surface area (Å²) in [6.07, 6.45) is 5.10. The summed E-state index contributed by atoms with van der Waals surface area (Å²) >= 11 is 1.79. The fraction of sp³-hybridized carbons (Fsp3) is 0.474. The lowest BCUT2D eigenvalue weighted by Crippen LogP contribution is -2.39. The molecule has 1 aromatic carbocycles. The number of rotatable bonds is 5. The van der Waals surface area contributed by atoms with E-state index in [4.69, 9.17) is 4.98 Å². The van der Waals surface area contributed by atoms with Crippen molar-refractivity contribution in [3.05, 3.63) is 51.0 Å². The lowest BCUT2D eigenvalue weighted by Gasteiger charge is -2.21. The zero-order valence-corrected chi connectivity index (χ0v) is 16.0. The quantitative estimate of drug-likeness (QED) is 0.639. The number of thiazole rings is 1. The molecule has 0 spiro atoms. The SMILES string of the molecule is CN=C(NCCc1cccc(F)c1F)N(C)Cc1nc2c(s1)CCCC2. The first-order valence-corrected chi connectivity index (χ1v) is 9.72. The van der Waals surface area contributed by atoms with Crippen LogP contribution in [-0.2, 0) is 25.8 Å². The molecule has 0 amide bonds. The van der Waals surface area contributed by atoms with Gasteiger partial charge >= 0.3 is 0 Å². The van der Waals surface area contributed by atoms with Gasteiger partial charge in [-0.1, -0.05) is 12.1 Å². The predicted octanol–water partition coefficient (Wildman–Crippen LogP) is 3.55. The van der Waals surface area contributed by atoms with Crippen LogP contribution in [-0.4, -0.2) is 36.5 Å². The van der Waals surface area contributed by atoms with Crippen LogP contribution in [0.5, 0.6) is 0 Å². The standard InChI is InChI=1S/C19H24F2N4S/c1-22-19(23-11-10-13-6-5-7-14(20)18(13)21)25(2)12-17-24-15-8-3-4-9-16(15)26-17/h5-7H,3-4,8-12H2,1-2H3,(H,22,23). The number of aromatic nitrogens is 1. The highest BCUT2D eigenvalue weighted by atomic mass is 32.1. The van der Waals surface area contributed by atoms with Gasteiger partial charge in [-0.05, 0) is 43.7 Å². The van der Waals surface area contributed by atoms with Gasteiger partial charge in [0.1, 0.15) is 5.01 Å². The molecule has 4 nitrogen and oxygen atoms in total. The number of aryl methyl sites for hydroxylation is 2. The normalized spacial score (nSPS) is 14.2. The van der Waals surface area contributed by atoms with Crippen molar-refractivity contribution < 1.29 is 8.78 Å². The molecular weight excluding hydrogens is 354 g/mol. The van der Waals surface area contributed by atoms with Crippen LogP contribution in [0.25, 0.3) is 0 Å². The fourth-order valence-electron chi connectivity index (χ4n) is 3.19. The van der Waals surface area contributed by atoms with E-state index in [-0.39, 0.29) is 0 Å². The minimum absolute atomic E-state index is 0.364. The van der Waals surface area contributed by atoms with E-state index >= 15 is 0 Å². The van der Waals surface area contributed by atoms with Gasteiger partial charge in [-0.15, -0.1) is 11.3 Å². The number of fused-ring (bicyclic) bond motifs is 1. The largest absolute Gasteiger partial charge is 0.356 e. The van der Waals surface area contributed by atoms with Crippen molar-refractivity contribution in [1.29, 1.82) is 0 Å². The minimum atomic E-state index is -0.809. The molecule has 3 rings (SSSR count). The van der Waals surface area contributed by atoms with Crippen LogP contribution in [0.4, 0.5) is 8.78 Å². The van der Waals surface area contributed by atoms with Gasteiger partial charge < -0.3 is 10.2 Å². The Kier molecular flexibility index (Phi) is 6.19. The molecule has 0 bridgehead atoms. The molecule has 140 valence electrons. The van der Waals surface area contributed by atoms with Crippen molar-refractivity contribution in [2.45, 2.75) is 38.6 Å². The zero-order chi connectivity index (χ0) is 18.5. The van der Waals surface area contributed by atoms with Crippen molar-refractivity contribution in [2.24, 2.45) is 4.99 Å². The number of hydrogen-bond donors (Lipinski definition) is 1. The van der Waals surface area contributed by atoms with E-state index in [2.05, 4.69) is 10.3 Å². The number of nitrogens with zero attached hydrogens (tertiary/aromatic N) is 3. The third-order valence-electron chi connectivity index (χ3n) is 4.54. The fourth-order valence-corrected chi connectivity index (χ4v) is 4.40. The Morgan fingerprint density at radius 2 is 2.12 bits per heavy atom. The minimum Gasteiger partial charge on any atom is -0.356 e. The molecule has 0 fully saturated rings. The molecule has 26 heavy (non-hydrogen) atoms. The third-order valence-corrected chi connectivity index (χ3v) is 5.69. The molecule has 0 unspecified atom stereocenters. The van der Waals surface area contributed by atoms with Crippen LogP contribution in [0.2, 0.25) is 0 Å². The second kappa shape index (κ2) is 8.58. The number of benzene rings is 1. The van der Waals surface area contributed by atoms with Gasteiger partial charge in [0.05, 0.1) is 12.2 Å². The Hall–Kier alpha value is -2.02. The van der Waals surface area contributed by atoms with E-state index < -0.39 is 11.6 Å². The topological polar surface area (TPSA) is 40.5 Å². The summed E-state index contributed by atoms with van der Waals surface area (Å²) in [6, 6.07) is 4.26. The first-order chi connectivity index (χ1) is 12.6. The van der Waals surface area contributed by atoms with Crippen LogP contribution in [0.1, 0.15) is 34.0 Å². The number of nitrogens with one attached hydrogen (secondary N) is 1. The smallest absolute Gasteiger partial charge is 0.193 e. The number of halogens is 2. The van der Waals surface area contributed by atoms with E-state index in [0.717, 1.165) is 29.9 Å².